The highest BCUT2D eigenvalue weighted by atomic mass is 19.1. The Bertz CT molecular complexity index is 1510. The summed E-state index contributed by atoms with van der Waals surface area (Å²) in [5, 5.41) is 6.43. The van der Waals surface area contributed by atoms with Gasteiger partial charge in [0.15, 0.2) is 0 Å². The molecule has 3 N–H and O–H groups in total. The van der Waals surface area contributed by atoms with Gasteiger partial charge in [-0.25, -0.2) is 9.37 Å². The van der Waals surface area contributed by atoms with Crippen LogP contribution in [0.2, 0.25) is 0 Å². The Hall–Kier alpha value is -3.98. The molecule has 8 nitrogen and oxygen atoms in total. The summed E-state index contributed by atoms with van der Waals surface area (Å²) in [6.07, 6.45) is 2.60. The number of rotatable bonds is 5. The molecule has 1 saturated carbocycles. The summed E-state index contributed by atoms with van der Waals surface area (Å²) in [4.78, 5) is 25.9. The number of amides is 1. The zero-order chi connectivity index (χ0) is 23.7. The zero-order valence-corrected chi connectivity index (χ0v) is 18.9. The minimum Gasteiger partial charge on any atom is -0.469 e. The fourth-order valence-electron chi connectivity index (χ4n) is 4.88. The third kappa shape index (κ3) is 3.26. The van der Waals surface area contributed by atoms with Gasteiger partial charge in [0.05, 0.1) is 35.7 Å². The SMILES string of the molecule is Cc1c(F)cccc1Nc1c(-c2ccnc3ccc(OC4COC4)nc23)[nH]c2c1C(=O)NC1CC21. The summed E-state index contributed by atoms with van der Waals surface area (Å²) in [5.74, 6) is 0.277. The van der Waals surface area contributed by atoms with Gasteiger partial charge >= 0.3 is 0 Å². The molecule has 2 atom stereocenters. The van der Waals surface area contributed by atoms with Crippen LogP contribution in [0.5, 0.6) is 5.88 Å². The number of nitrogens with one attached hydrogen (secondary N) is 3. The average Bonchev–Trinajstić information content (AvgIpc) is 3.50. The van der Waals surface area contributed by atoms with Crippen molar-refractivity contribution in [3.05, 3.63) is 65.2 Å². The van der Waals surface area contributed by atoms with E-state index in [-0.39, 0.29) is 29.8 Å². The fourth-order valence-corrected chi connectivity index (χ4v) is 4.88. The Balaban J connectivity index is 1.41. The second-order valence-corrected chi connectivity index (χ2v) is 9.28. The van der Waals surface area contributed by atoms with Crippen molar-refractivity contribution in [3.63, 3.8) is 0 Å². The van der Waals surface area contributed by atoms with Gasteiger partial charge < -0.3 is 25.1 Å². The fraction of sp³-hybridized carbons (Fsp3) is 0.269. The van der Waals surface area contributed by atoms with E-state index in [1.54, 1.807) is 31.3 Å². The lowest BCUT2D eigenvalue weighted by molar-refractivity contribution is -0.0812. The van der Waals surface area contributed by atoms with Gasteiger partial charge in [-0.15, -0.1) is 0 Å². The van der Waals surface area contributed by atoms with Crippen LogP contribution in [-0.4, -0.2) is 46.2 Å². The van der Waals surface area contributed by atoms with Crippen LogP contribution in [0.3, 0.4) is 0 Å². The first-order valence-corrected chi connectivity index (χ1v) is 11.7. The lowest BCUT2D eigenvalue weighted by Gasteiger charge is -2.26. The molecule has 9 heteroatoms. The van der Waals surface area contributed by atoms with E-state index in [0.717, 1.165) is 17.7 Å². The minimum absolute atomic E-state index is 0.0125. The molecule has 7 rings (SSSR count). The van der Waals surface area contributed by atoms with Crippen molar-refractivity contribution in [2.75, 3.05) is 18.5 Å². The third-order valence-electron chi connectivity index (χ3n) is 6.98. The second-order valence-electron chi connectivity index (χ2n) is 9.28. The van der Waals surface area contributed by atoms with Gasteiger partial charge in [-0.1, -0.05) is 6.07 Å². The van der Waals surface area contributed by atoms with Crippen molar-refractivity contribution >= 4 is 28.3 Å². The average molecular weight is 471 g/mol. The Morgan fingerprint density at radius 3 is 2.91 bits per heavy atom. The molecule has 35 heavy (non-hydrogen) atoms. The van der Waals surface area contributed by atoms with Crippen molar-refractivity contribution in [1.29, 1.82) is 0 Å². The lowest BCUT2D eigenvalue weighted by Crippen LogP contribution is -2.38. The Labute approximate surface area is 199 Å². The van der Waals surface area contributed by atoms with Gasteiger partial charge in [-0.05, 0) is 37.6 Å². The van der Waals surface area contributed by atoms with E-state index in [9.17, 15) is 9.18 Å². The highest BCUT2D eigenvalue weighted by Crippen LogP contribution is 2.50. The minimum atomic E-state index is -0.314. The predicted octanol–water partition coefficient (Wildman–Crippen LogP) is 4.19. The van der Waals surface area contributed by atoms with E-state index in [1.807, 2.05) is 12.1 Å². The highest BCUT2D eigenvalue weighted by molar-refractivity contribution is 6.09. The van der Waals surface area contributed by atoms with Crippen LogP contribution in [-0.2, 0) is 4.74 Å². The second kappa shape index (κ2) is 7.51. The predicted molar refractivity (Wildman–Crippen MR) is 128 cm³/mol. The smallest absolute Gasteiger partial charge is 0.255 e. The van der Waals surface area contributed by atoms with Gasteiger partial charge in [-0.2, -0.15) is 0 Å². The van der Waals surface area contributed by atoms with E-state index >= 15 is 0 Å². The van der Waals surface area contributed by atoms with Crippen LogP contribution in [0.25, 0.3) is 22.3 Å². The molecule has 176 valence electrons. The van der Waals surface area contributed by atoms with Crippen LogP contribution in [0.4, 0.5) is 15.8 Å². The van der Waals surface area contributed by atoms with Crippen molar-refractivity contribution < 1.29 is 18.7 Å². The number of ether oxygens (including phenoxy) is 2. The maximum Gasteiger partial charge on any atom is 0.255 e. The number of hydrogen-bond acceptors (Lipinski definition) is 6. The van der Waals surface area contributed by atoms with Gasteiger partial charge in [0.1, 0.15) is 17.4 Å². The number of fused-ring (bicyclic) bond motifs is 4. The largest absolute Gasteiger partial charge is 0.469 e. The Morgan fingerprint density at radius 2 is 2.09 bits per heavy atom. The van der Waals surface area contributed by atoms with Crippen LogP contribution in [0, 0.1) is 12.7 Å². The molecule has 1 saturated heterocycles. The molecule has 0 spiro atoms. The molecule has 5 heterocycles. The molecule has 1 aliphatic carbocycles. The molecule has 0 bridgehead atoms. The first kappa shape index (κ1) is 20.4. The van der Waals surface area contributed by atoms with E-state index in [4.69, 9.17) is 14.5 Å². The number of H-pyrrole nitrogens is 1. The molecule has 2 aliphatic heterocycles. The number of anilines is 2. The van der Waals surface area contributed by atoms with Crippen LogP contribution in [0.1, 0.15) is 34.0 Å². The molecule has 0 radical (unpaired) electrons. The van der Waals surface area contributed by atoms with Gasteiger partial charge in [0.25, 0.3) is 5.91 Å². The number of pyridine rings is 2. The molecule has 3 aromatic heterocycles. The van der Waals surface area contributed by atoms with Crippen LogP contribution in [0.15, 0.2) is 42.6 Å². The number of hydrogen-bond donors (Lipinski definition) is 3. The van der Waals surface area contributed by atoms with Crippen LogP contribution >= 0.6 is 0 Å². The first-order chi connectivity index (χ1) is 17.1. The standard InChI is InChI=1S/C26H22FN5O3/c1-12-16(27)3-2-4-17(12)29-25-21-23(15-9-19(15)30-26(21)33)32-24(25)14-7-8-28-18-5-6-20(31-22(14)18)35-13-10-34-11-13/h2-8,13,15,19,29,32H,9-11H2,1H3,(H,30,33). The van der Waals surface area contributed by atoms with Crippen molar-refractivity contribution in [1.82, 2.24) is 20.3 Å². The molecular weight excluding hydrogens is 449 g/mol. The van der Waals surface area contributed by atoms with Crippen LogP contribution < -0.4 is 15.4 Å². The summed E-state index contributed by atoms with van der Waals surface area (Å²) in [6.45, 7) is 2.80. The van der Waals surface area contributed by atoms with Crippen molar-refractivity contribution in [3.8, 4) is 17.1 Å². The topological polar surface area (TPSA) is 101 Å². The number of benzene rings is 1. The maximum atomic E-state index is 14.3. The summed E-state index contributed by atoms with van der Waals surface area (Å²) < 4.78 is 25.5. The number of halogens is 1. The Kier molecular flexibility index (Phi) is 4.38. The molecule has 4 aromatic rings. The summed E-state index contributed by atoms with van der Waals surface area (Å²) >= 11 is 0. The third-order valence-corrected chi connectivity index (χ3v) is 6.98. The van der Waals surface area contributed by atoms with E-state index in [1.165, 1.54) is 6.07 Å². The highest BCUT2D eigenvalue weighted by Gasteiger charge is 2.48. The van der Waals surface area contributed by atoms with Crippen molar-refractivity contribution in [2.24, 2.45) is 0 Å². The molecular formula is C26H22FN5O3. The Morgan fingerprint density at radius 1 is 1.20 bits per heavy atom. The monoisotopic (exact) mass is 471 g/mol. The summed E-state index contributed by atoms with van der Waals surface area (Å²) in [6, 6.07) is 10.6. The summed E-state index contributed by atoms with van der Waals surface area (Å²) in [5.41, 5.74) is 5.98. The molecule has 2 unspecified atom stereocenters. The molecule has 1 amide bonds. The quantitative estimate of drug-likeness (QED) is 0.404. The number of aromatic amines is 1. The van der Waals surface area contributed by atoms with Crippen molar-refractivity contribution in [2.45, 2.75) is 31.4 Å². The number of aromatic nitrogens is 3. The van der Waals surface area contributed by atoms with Gasteiger partial charge in [0.2, 0.25) is 5.88 Å². The molecule has 2 fully saturated rings. The zero-order valence-electron chi connectivity index (χ0n) is 18.9. The first-order valence-electron chi connectivity index (χ1n) is 11.7. The van der Waals surface area contributed by atoms with E-state index in [0.29, 0.717) is 58.3 Å². The van der Waals surface area contributed by atoms with E-state index < -0.39 is 0 Å². The summed E-state index contributed by atoms with van der Waals surface area (Å²) in [7, 11) is 0. The van der Waals surface area contributed by atoms with E-state index in [2.05, 4.69) is 20.6 Å². The number of carbonyl (C=O) groups is 1. The van der Waals surface area contributed by atoms with Gasteiger partial charge in [0, 0.05) is 46.7 Å². The molecule has 3 aliphatic rings. The molecule has 1 aromatic carbocycles. The normalized spacial score (nSPS) is 20.6. The lowest BCUT2D eigenvalue weighted by atomic mass is 10.0. The maximum absolute atomic E-state index is 14.3. The number of nitrogens with zero attached hydrogens (tertiary/aromatic N) is 2. The van der Waals surface area contributed by atoms with Gasteiger partial charge in [-0.3, -0.25) is 9.78 Å². The number of carbonyl (C=O) groups excluding carboxylic acids is 1.